The Morgan fingerprint density at radius 3 is 2.38 bits per heavy atom. The van der Waals surface area contributed by atoms with Gasteiger partial charge in [0.15, 0.2) is 28.9 Å². The number of carbonyl (C=O) groups is 1. The number of hydrogen-bond donors (Lipinski definition) is 3. The van der Waals surface area contributed by atoms with E-state index in [1.165, 1.54) is 32.8 Å². The van der Waals surface area contributed by atoms with Crippen LogP contribution in [0.25, 0.3) is 0 Å². The van der Waals surface area contributed by atoms with Crippen molar-refractivity contribution in [3.63, 3.8) is 0 Å². The van der Waals surface area contributed by atoms with Crippen LogP contribution in [0.15, 0.2) is 30.9 Å². The van der Waals surface area contributed by atoms with Crippen LogP contribution in [0.1, 0.15) is 5.56 Å². The predicted octanol–water partition coefficient (Wildman–Crippen LogP) is 2.56. The number of anilines is 2. The zero-order valence-corrected chi connectivity index (χ0v) is 17.1. The molecule has 3 N–H and O–H groups in total. The van der Waals surface area contributed by atoms with Gasteiger partial charge in [-0.1, -0.05) is 0 Å². The van der Waals surface area contributed by atoms with Gasteiger partial charge < -0.3 is 30.0 Å². The molecule has 0 saturated carbocycles. The Hall–Kier alpha value is -4.16. The minimum Gasteiger partial charge on any atom is -0.494 e. The number of benzene rings is 1. The Labute approximate surface area is 181 Å². The highest BCUT2D eigenvalue weighted by molar-refractivity contribution is 5.64. The molecule has 3 aromatic rings. The first kappa shape index (κ1) is 22.5. The van der Waals surface area contributed by atoms with Crippen molar-refractivity contribution in [2.45, 2.75) is 13.2 Å². The van der Waals surface area contributed by atoms with Crippen molar-refractivity contribution in [1.82, 2.24) is 25.1 Å². The molecule has 0 saturated heterocycles. The van der Waals surface area contributed by atoms with Crippen LogP contribution in [0.4, 0.5) is 25.2 Å². The molecule has 1 aromatic carbocycles. The fourth-order valence-electron chi connectivity index (χ4n) is 2.63. The Bertz CT molecular complexity index is 1050. The monoisotopic (exact) mass is 450 g/mol. The number of hydrogen-bond acceptors (Lipinski definition) is 8. The molecular formula is C19H20F2N6O5. The lowest BCUT2D eigenvalue weighted by Gasteiger charge is -2.13. The largest absolute Gasteiger partial charge is 0.494 e. The lowest BCUT2D eigenvalue weighted by Crippen LogP contribution is -2.25. The zero-order chi connectivity index (χ0) is 23.1. The molecule has 0 unspecified atom stereocenters. The average molecular weight is 450 g/mol. The maximum Gasteiger partial charge on any atom is 0.404 e. The lowest BCUT2D eigenvalue weighted by molar-refractivity contribution is 0.194. The van der Waals surface area contributed by atoms with Gasteiger partial charge in [0, 0.05) is 18.8 Å². The Morgan fingerprint density at radius 2 is 1.78 bits per heavy atom. The fraction of sp³-hybridized carbons (Fsp3) is 0.263. The molecule has 0 atom stereocenters. The summed E-state index contributed by atoms with van der Waals surface area (Å²) >= 11 is 0. The van der Waals surface area contributed by atoms with E-state index in [-0.39, 0.29) is 35.3 Å². The molecule has 13 heteroatoms. The van der Waals surface area contributed by atoms with Gasteiger partial charge in [-0.05, 0) is 0 Å². The van der Waals surface area contributed by atoms with E-state index in [1.807, 2.05) is 0 Å². The smallest absolute Gasteiger partial charge is 0.404 e. The third-order valence-electron chi connectivity index (χ3n) is 4.18. The number of methoxy groups -OCH3 is 2. The summed E-state index contributed by atoms with van der Waals surface area (Å²) in [7, 11) is 2.52. The van der Waals surface area contributed by atoms with Crippen LogP contribution >= 0.6 is 0 Å². The van der Waals surface area contributed by atoms with E-state index in [1.54, 1.807) is 10.9 Å². The molecule has 0 fully saturated rings. The van der Waals surface area contributed by atoms with Gasteiger partial charge in [-0.3, -0.25) is 4.68 Å². The van der Waals surface area contributed by atoms with Gasteiger partial charge in [0.2, 0.25) is 5.95 Å². The number of halogens is 2. The molecule has 2 aromatic heterocycles. The maximum atomic E-state index is 14.4. The molecule has 0 aliphatic heterocycles. The number of aromatic nitrogens is 4. The van der Waals surface area contributed by atoms with Crippen molar-refractivity contribution in [2.75, 3.05) is 26.1 Å². The molecule has 0 bridgehead atoms. The van der Waals surface area contributed by atoms with E-state index in [0.717, 1.165) is 6.07 Å². The first-order valence-electron chi connectivity index (χ1n) is 9.21. The van der Waals surface area contributed by atoms with Crippen molar-refractivity contribution in [3.8, 4) is 17.2 Å². The average Bonchev–Trinajstić information content (AvgIpc) is 3.22. The summed E-state index contributed by atoms with van der Waals surface area (Å²) in [5.41, 5.74) is 0.231. The summed E-state index contributed by atoms with van der Waals surface area (Å²) in [6.07, 6.45) is 4.74. The molecule has 2 heterocycles. The summed E-state index contributed by atoms with van der Waals surface area (Å²) in [4.78, 5) is 18.6. The number of amides is 1. The lowest BCUT2D eigenvalue weighted by atomic mass is 10.1. The first-order valence-corrected chi connectivity index (χ1v) is 9.21. The van der Waals surface area contributed by atoms with E-state index in [4.69, 9.17) is 19.3 Å². The van der Waals surface area contributed by atoms with Crippen molar-refractivity contribution in [1.29, 1.82) is 0 Å². The number of carboxylic acid groups (broad SMARTS) is 1. The van der Waals surface area contributed by atoms with Crippen LogP contribution in [0, 0.1) is 11.6 Å². The number of rotatable bonds is 10. The van der Waals surface area contributed by atoms with E-state index in [9.17, 15) is 13.6 Å². The first-order chi connectivity index (χ1) is 15.4. The van der Waals surface area contributed by atoms with Crippen LogP contribution in [-0.2, 0) is 13.2 Å². The van der Waals surface area contributed by atoms with E-state index in [0.29, 0.717) is 12.2 Å². The summed E-state index contributed by atoms with van der Waals surface area (Å²) in [5.74, 6) is -1.69. The molecule has 3 rings (SSSR count). The third kappa shape index (κ3) is 5.50. The molecule has 0 spiro atoms. The highest BCUT2D eigenvalue weighted by atomic mass is 19.1. The number of nitrogens with zero attached hydrogens (tertiary/aromatic N) is 4. The molecule has 0 aliphatic rings. The summed E-state index contributed by atoms with van der Waals surface area (Å²) in [6.45, 7) is 0.127. The van der Waals surface area contributed by atoms with Crippen LogP contribution in [-0.4, -0.2) is 51.7 Å². The molecule has 170 valence electrons. The highest BCUT2D eigenvalue weighted by Gasteiger charge is 2.20. The molecule has 32 heavy (non-hydrogen) atoms. The molecule has 1 amide bonds. The Morgan fingerprint density at radius 1 is 1.12 bits per heavy atom. The standard InChI is InChI=1S/C19H20F2N6O5/c1-30-14-5-15(31-2)17(21)13(16(14)20)10-32-12-7-23-18(24-8-12)26-11-6-25-27(9-11)4-3-22-19(28)29/h5-9,22H,3-4,10H2,1-2H3,(H,28,29)(H,23,24,26). The minimum atomic E-state index is -1.11. The van der Waals surface area contributed by atoms with Crippen molar-refractivity contribution >= 4 is 17.7 Å². The summed E-state index contributed by atoms with van der Waals surface area (Å²) in [6, 6.07) is 1.11. The maximum absolute atomic E-state index is 14.4. The highest BCUT2D eigenvalue weighted by Crippen LogP contribution is 2.32. The van der Waals surface area contributed by atoms with Crippen LogP contribution < -0.4 is 24.8 Å². The van der Waals surface area contributed by atoms with Crippen LogP contribution in [0.5, 0.6) is 17.2 Å². The predicted molar refractivity (Wildman–Crippen MR) is 107 cm³/mol. The molecule has 0 aliphatic carbocycles. The van der Waals surface area contributed by atoms with E-state index < -0.39 is 24.3 Å². The quantitative estimate of drug-likeness (QED) is 0.426. The van der Waals surface area contributed by atoms with Gasteiger partial charge in [-0.2, -0.15) is 5.10 Å². The van der Waals surface area contributed by atoms with Gasteiger partial charge >= 0.3 is 6.09 Å². The van der Waals surface area contributed by atoms with Crippen molar-refractivity contribution in [3.05, 3.63) is 48.1 Å². The molecular weight excluding hydrogens is 430 g/mol. The number of nitrogens with one attached hydrogen (secondary N) is 2. The number of ether oxygens (including phenoxy) is 3. The van der Waals surface area contributed by atoms with Crippen molar-refractivity contribution in [2.24, 2.45) is 0 Å². The topological polar surface area (TPSA) is 133 Å². The summed E-state index contributed by atoms with van der Waals surface area (Å²) < 4.78 is 45.5. The Kier molecular flexibility index (Phi) is 7.21. The second-order valence-electron chi connectivity index (χ2n) is 6.27. The summed E-state index contributed by atoms with van der Waals surface area (Å²) in [5, 5.41) is 17.8. The SMILES string of the molecule is COc1cc(OC)c(F)c(COc2cnc(Nc3cnn(CCNC(=O)O)c3)nc2)c1F. The second-order valence-corrected chi connectivity index (χ2v) is 6.27. The van der Waals surface area contributed by atoms with E-state index >= 15 is 0 Å². The molecule has 11 nitrogen and oxygen atoms in total. The van der Waals surface area contributed by atoms with Crippen LogP contribution in [0.3, 0.4) is 0 Å². The normalized spacial score (nSPS) is 10.5. The van der Waals surface area contributed by atoms with Gasteiger partial charge in [-0.25, -0.2) is 23.5 Å². The Balaban J connectivity index is 1.60. The second kappa shape index (κ2) is 10.2. The van der Waals surface area contributed by atoms with Gasteiger partial charge in [-0.15, -0.1) is 0 Å². The van der Waals surface area contributed by atoms with Crippen LogP contribution in [0.2, 0.25) is 0 Å². The van der Waals surface area contributed by atoms with Gasteiger partial charge in [0.1, 0.15) is 6.61 Å². The minimum absolute atomic E-state index is 0.170. The van der Waals surface area contributed by atoms with Gasteiger partial charge in [0.25, 0.3) is 0 Å². The van der Waals surface area contributed by atoms with E-state index in [2.05, 4.69) is 25.7 Å². The van der Waals surface area contributed by atoms with Crippen molar-refractivity contribution < 1.29 is 32.9 Å². The molecule has 0 radical (unpaired) electrons. The zero-order valence-electron chi connectivity index (χ0n) is 17.1. The van der Waals surface area contributed by atoms with Gasteiger partial charge in [0.05, 0.1) is 50.6 Å². The third-order valence-corrected chi connectivity index (χ3v) is 4.18. The fourth-order valence-corrected chi connectivity index (χ4v) is 2.63.